The number of anilines is 1. The van der Waals surface area contributed by atoms with E-state index in [2.05, 4.69) is 15.8 Å². The van der Waals surface area contributed by atoms with E-state index in [1.54, 1.807) is 44.2 Å². The van der Waals surface area contributed by atoms with E-state index in [4.69, 9.17) is 16.1 Å². The van der Waals surface area contributed by atoms with Crippen LogP contribution in [0, 0.1) is 6.92 Å². The van der Waals surface area contributed by atoms with E-state index in [9.17, 15) is 9.59 Å². The number of carbonyl (C=O) groups is 2. The van der Waals surface area contributed by atoms with Crippen molar-refractivity contribution < 1.29 is 14.1 Å². The predicted molar refractivity (Wildman–Crippen MR) is 97.7 cm³/mol. The largest absolute Gasteiger partial charge is 0.360 e. The molecule has 2 aromatic rings. The SMILES string of the molecule is CCN1C(=O)N[C@H](c2ccc(Cl)cc2)C(C(=O)Nc2cc(C)on2)=C1C. The lowest BCUT2D eigenvalue weighted by Crippen LogP contribution is -2.48. The normalized spacial score (nSPS) is 17.3. The monoisotopic (exact) mass is 374 g/mol. The van der Waals surface area contributed by atoms with E-state index in [1.165, 1.54) is 4.90 Å². The summed E-state index contributed by atoms with van der Waals surface area (Å²) in [6, 6.07) is 7.81. The number of nitrogens with one attached hydrogen (secondary N) is 2. The summed E-state index contributed by atoms with van der Waals surface area (Å²) in [6.07, 6.45) is 0. The van der Waals surface area contributed by atoms with E-state index in [0.29, 0.717) is 34.4 Å². The van der Waals surface area contributed by atoms with Gasteiger partial charge < -0.3 is 15.2 Å². The van der Waals surface area contributed by atoms with E-state index >= 15 is 0 Å². The van der Waals surface area contributed by atoms with Crippen molar-refractivity contribution in [1.29, 1.82) is 0 Å². The van der Waals surface area contributed by atoms with Gasteiger partial charge in [-0.25, -0.2) is 4.79 Å². The van der Waals surface area contributed by atoms with Gasteiger partial charge in [0, 0.05) is 23.3 Å². The van der Waals surface area contributed by atoms with Gasteiger partial charge in [-0.3, -0.25) is 9.69 Å². The molecule has 1 atom stereocenters. The first-order valence-electron chi connectivity index (χ1n) is 8.19. The highest BCUT2D eigenvalue weighted by molar-refractivity contribution is 6.30. The summed E-state index contributed by atoms with van der Waals surface area (Å²) >= 11 is 5.96. The average molecular weight is 375 g/mol. The summed E-state index contributed by atoms with van der Waals surface area (Å²) in [6.45, 7) is 5.80. The number of urea groups is 1. The molecule has 7 nitrogen and oxygen atoms in total. The van der Waals surface area contributed by atoms with Crippen molar-refractivity contribution in [2.75, 3.05) is 11.9 Å². The molecule has 2 heterocycles. The quantitative estimate of drug-likeness (QED) is 0.855. The topological polar surface area (TPSA) is 87.5 Å². The van der Waals surface area contributed by atoms with Crippen molar-refractivity contribution in [3.8, 4) is 0 Å². The lowest BCUT2D eigenvalue weighted by atomic mass is 9.94. The molecule has 3 amide bonds. The third-order valence-electron chi connectivity index (χ3n) is 4.23. The first-order valence-corrected chi connectivity index (χ1v) is 8.57. The van der Waals surface area contributed by atoms with Gasteiger partial charge in [0.1, 0.15) is 5.76 Å². The second-order valence-corrected chi connectivity index (χ2v) is 6.39. The molecule has 0 bridgehead atoms. The van der Waals surface area contributed by atoms with Crippen LogP contribution >= 0.6 is 11.6 Å². The summed E-state index contributed by atoms with van der Waals surface area (Å²) in [5, 5.41) is 9.99. The summed E-state index contributed by atoms with van der Waals surface area (Å²) in [5.41, 5.74) is 1.79. The molecule has 136 valence electrons. The molecule has 1 aliphatic heterocycles. The summed E-state index contributed by atoms with van der Waals surface area (Å²) in [4.78, 5) is 26.9. The van der Waals surface area contributed by atoms with Crippen molar-refractivity contribution >= 4 is 29.4 Å². The minimum absolute atomic E-state index is 0.251. The fourth-order valence-electron chi connectivity index (χ4n) is 2.97. The molecule has 3 rings (SSSR count). The fraction of sp³-hybridized carbons (Fsp3) is 0.278. The number of amides is 3. The van der Waals surface area contributed by atoms with Crippen molar-refractivity contribution in [3.05, 3.63) is 57.9 Å². The number of halogens is 1. The summed E-state index contributed by atoms with van der Waals surface area (Å²) in [7, 11) is 0. The molecule has 1 aromatic carbocycles. The molecule has 0 aliphatic carbocycles. The molecule has 0 spiro atoms. The van der Waals surface area contributed by atoms with E-state index in [1.807, 2.05) is 6.92 Å². The van der Waals surface area contributed by atoms with Gasteiger partial charge in [0.05, 0.1) is 11.6 Å². The highest BCUT2D eigenvalue weighted by Crippen LogP contribution is 2.31. The van der Waals surface area contributed by atoms with Gasteiger partial charge in [-0.05, 0) is 38.5 Å². The van der Waals surface area contributed by atoms with Crippen LogP contribution in [0.1, 0.15) is 31.2 Å². The Morgan fingerprint density at radius 3 is 2.62 bits per heavy atom. The fourth-order valence-corrected chi connectivity index (χ4v) is 3.10. The number of nitrogens with zero attached hydrogens (tertiary/aromatic N) is 2. The van der Waals surface area contributed by atoms with Crippen molar-refractivity contribution in [1.82, 2.24) is 15.4 Å². The number of hydrogen-bond acceptors (Lipinski definition) is 4. The molecule has 0 fully saturated rings. The van der Waals surface area contributed by atoms with Crippen molar-refractivity contribution in [3.63, 3.8) is 0 Å². The van der Waals surface area contributed by atoms with Crippen LogP contribution in [0.3, 0.4) is 0 Å². The lowest BCUT2D eigenvalue weighted by Gasteiger charge is -2.35. The van der Waals surface area contributed by atoms with Crippen molar-refractivity contribution in [2.24, 2.45) is 0 Å². The van der Waals surface area contributed by atoms with Gasteiger partial charge in [0.2, 0.25) is 0 Å². The molecular weight excluding hydrogens is 356 g/mol. The Morgan fingerprint density at radius 2 is 2.04 bits per heavy atom. The molecule has 8 heteroatoms. The maximum Gasteiger partial charge on any atom is 0.322 e. The number of allylic oxidation sites excluding steroid dienone is 1. The summed E-state index contributed by atoms with van der Waals surface area (Å²) < 4.78 is 4.99. The van der Waals surface area contributed by atoms with Gasteiger partial charge in [-0.1, -0.05) is 28.9 Å². The smallest absolute Gasteiger partial charge is 0.322 e. The van der Waals surface area contributed by atoms with Gasteiger partial charge in [-0.2, -0.15) is 0 Å². The molecule has 26 heavy (non-hydrogen) atoms. The molecule has 0 saturated carbocycles. The number of benzene rings is 1. The number of aromatic nitrogens is 1. The Hall–Kier alpha value is -2.80. The van der Waals surface area contributed by atoms with E-state index < -0.39 is 6.04 Å². The van der Waals surface area contributed by atoms with Crippen LogP contribution in [-0.2, 0) is 4.79 Å². The second kappa shape index (κ2) is 7.21. The maximum atomic E-state index is 13.0. The molecule has 0 radical (unpaired) electrons. The Balaban J connectivity index is 2.01. The third kappa shape index (κ3) is 3.43. The Morgan fingerprint density at radius 1 is 1.35 bits per heavy atom. The zero-order valence-electron chi connectivity index (χ0n) is 14.7. The van der Waals surface area contributed by atoms with Crippen LogP contribution in [0.2, 0.25) is 5.02 Å². The minimum atomic E-state index is -0.587. The zero-order valence-corrected chi connectivity index (χ0v) is 15.4. The highest BCUT2D eigenvalue weighted by atomic mass is 35.5. The number of carbonyl (C=O) groups excluding carboxylic acids is 2. The first-order chi connectivity index (χ1) is 12.4. The Kier molecular flexibility index (Phi) is 4.99. The lowest BCUT2D eigenvalue weighted by molar-refractivity contribution is -0.113. The summed E-state index contributed by atoms with van der Waals surface area (Å²) in [5.74, 6) is 0.559. The van der Waals surface area contributed by atoms with Gasteiger partial charge in [-0.15, -0.1) is 0 Å². The van der Waals surface area contributed by atoms with Crippen molar-refractivity contribution in [2.45, 2.75) is 26.8 Å². The Bertz CT molecular complexity index is 873. The number of hydrogen-bond donors (Lipinski definition) is 2. The van der Waals surface area contributed by atoms with Gasteiger partial charge in [0.15, 0.2) is 5.82 Å². The third-order valence-corrected chi connectivity index (χ3v) is 4.48. The van der Waals surface area contributed by atoms with Crippen LogP contribution < -0.4 is 10.6 Å². The van der Waals surface area contributed by atoms with Crippen LogP contribution in [0.25, 0.3) is 0 Å². The standard InChI is InChI=1S/C18H19ClN4O3/c1-4-23-11(3)15(17(24)20-14-9-10(2)26-22-14)16(21-18(23)25)12-5-7-13(19)8-6-12/h5-9,16H,4H2,1-3H3,(H,21,25)(H,20,22,24)/t16-/m1/s1. The molecule has 0 saturated heterocycles. The minimum Gasteiger partial charge on any atom is -0.360 e. The van der Waals surface area contributed by atoms with Crippen LogP contribution in [0.4, 0.5) is 10.6 Å². The average Bonchev–Trinajstić information content (AvgIpc) is 3.00. The molecule has 2 N–H and O–H groups in total. The van der Waals surface area contributed by atoms with Crippen LogP contribution in [0.5, 0.6) is 0 Å². The Labute approximate surface area is 156 Å². The predicted octanol–water partition coefficient (Wildman–Crippen LogP) is 3.64. The van der Waals surface area contributed by atoms with E-state index in [-0.39, 0.29) is 11.9 Å². The first kappa shape index (κ1) is 18.0. The van der Waals surface area contributed by atoms with Crippen LogP contribution in [0.15, 0.2) is 46.1 Å². The molecule has 1 aliphatic rings. The van der Waals surface area contributed by atoms with Crippen LogP contribution in [-0.4, -0.2) is 28.5 Å². The second-order valence-electron chi connectivity index (χ2n) is 5.95. The maximum absolute atomic E-state index is 13.0. The highest BCUT2D eigenvalue weighted by Gasteiger charge is 2.35. The van der Waals surface area contributed by atoms with Gasteiger partial charge >= 0.3 is 6.03 Å². The molecule has 0 unspecified atom stereocenters. The zero-order chi connectivity index (χ0) is 18.8. The number of rotatable bonds is 4. The van der Waals surface area contributed by atoms with E-state index in [0.717, 1.165) is 5.56 Å². The number of aryl methyl sites for hydroxylation is 1. The molecular formula is C18H19ClN4O3. The van der Waals surface area contributed by atoms with Gasteiger partial charge in [0.25, 0.3) is 5.91 Å². The molecule has 1 aromatic heterocycles.